The fraction of sp³-hybridized carbons (Fsp3) is 0.629. The number of carbonyl (C=O) groups excluding carboxylic acids is 7. The van der Waals surface area contributed by atoms with Crippen LogP contribution in [0.25, 0.3) is 0 Å². The van der Waals surface area contributed by atoms with E-state index in [1.165, 1.54) is 9.80 Å². The number of Topliss-reactive ketones (excluding diaryl/α,β-unsaturated/α-hetero) is 3. The number of likely N-dealkylation sites (N-methyl/N-ethyl adjacent to an activating group) is 1. The van der Waals surface area contributed by atoms with Gasteiger partial charge >= 0.3 is 6.09 Å². The Morgan fingerprint density at radius 1 is 0.979 bits per heavy atom. The minimum absolute atomic E-state index is 0.213. The van der Waals surface area contributed by atoms with Crippen molar-refractivity contribution in [3.63, 3.8) is 0 Å². The van der Waals surface area contributed by atoms with E-state index in [4.69, 9.17) is 4.74 Å². The largest absolute Gasteiger partial charge is 0.447 e. The molecule has 1 saturated heterocycles. The first-order valence-corrected chi connectivity index (χ1v) is 16.4. The molecule has 4 amide bonds. The van der Waals surface area contributed by atoms with E-state index in [0.717, 1.165) is 0 Å². The van der Waals surface area contributed by atoms with Gasteiger partial charge in [0.05, 0.1) is 12.1 Å². The Morgan fingerprint density at radius 2 is 1.62 bits per heavy atom. The van der Waals surface area contributed by atoms with Crippen molar-refractivity contribution in [1.29, 1.82) is 0 Å². The second-order valence-corrected chi connectivity index (χ2v) is 13.7. The molecular weight excluding hydrogens is 604 g/mol. The summed E-state index contributed by atoms with van der Waals surface area (Å²) in [5, 5.41) is 5.33. The van der Waals surface area contributed by atoms with E-state index in [-0.39, 0.29) is 37.1 Å². The molecule has 1 heterocycles. The van der Waals surface area contributed by atoms with Crippen LogP contribution in [0.5, 0.6) is 0 Å². The first-order chi connectivity index (χ1) is 22.0. The van der Waals surface area contributed by atoms with E-state index < -0.39 is 58.9 Å². The number of likely N-dealkylation sites (tertiary alicyclic amines) is 1. The topological polar surface area (TPSA) is 159 Å². The van der Waals surface area contributed by atoms with Crippen molar-refractivity contribution >= 4 is 41.2 Å². The average Bonchev–Trinajstić information content (AvgIpc) is 3.50. The highest BCUT2D eigenvalue weighted by Crippen LogP contribution is 2.28. The Morgan fingerprint density at radius 3 is 2.17 bits per heavy atom. The molecule has 0 radical (unpaired) electrons. The molecule has 1 aliphatic rings. The molecule has 1 aromatic rings. The zero-order valence-corrected chi connectivity index (χ0v) is 29.1. The van der Waals surface area contributed by atoms with Crippen LogP contribution < -0.4 is 10.6 Å². The first kappa shape index (κ1) is 39.1. The Kier molecular flexibility index (Phi) is 14.7. The number of alkyl carbamates (subject to hydrolysis) is 1. The molecule has 0 saturated carbocycles. The zero-order valence-electron chi connectivity index (χ0n) is 29.1. The van der Waals surface area contributed by atoms with Gasteiger partial charge in [0.2, 0.25) is 23.5 Å². The minimum atomic E-state index is -0.947. The highest BCUT2D eigenvalue weighted by Gasteiger charge is 2.43. The van der Waals surface area contributed by atoms with Crippen LogP contribution in [0.2, 0.25) is 0 Å². The summed E-state index contributed by atoms with van der Waals surface area (Å²) >= 11 is 0. The third-order valence-corrected chi connectivity index (χ3v) is 8.06. The number of nitrogens with one attached hydrogen (secondary N) is 2. The minimum Gasteiger partial charge on any atom is -0.447 e. The smallest absolute Gasteiger partial charge is 0.408 e. The number of hydrogen-bond acceptors (Lipinski definition) is 8. The van der Waals surface area contributed by atoms with Crippen LogP contribution in [0.1, 0.15) is 98.1 Å². The third kappa shape index (κ3) is 11.6. The van der Waals surface area contributed by atoms with Crippen molar-refractivity contribution in [2.75, 3.05) is 20.6 Å². The number of hydrogen-bond donors (Lipinski definition) is 2. The van der Waals surface area contributed by atoms with E-state index >= 15 is 0 Å². The monoisotopic (exact) mass is 656 g/mol. The summed E-state index contributed by atoms with van der Waals surface area (Å²) in [4.78, 5) is 94.3. The highest BCUT2D eigenvalue weighted by atomic mass is 16.6. The van der Waals surface area contributed by atoms with Gasteiger partial charge in [-0.3, -0.25) is 28.8 Å². The van der Waals surface area contributed by atoms with Gasteiger partial charge in [-0.2, -0.15) is 0 Å². The van der Waals surface area contributed by atoms with Crippen molar-refractivity contribution in [1.82, 2.24) is 20.4 Å². The molecule has 2 rings (SSSR count). The Labute approximate surface area is 278 Å². The van der Waals surface area contributed by atoms with Crippen LogP contribution >= 0.6 is 0 Å². The quantitative estimate of drug-likeness (QED) is 0.255. The summed E-state index contributed by atoms with van der Waals surface area (Å²) in [5.74, 6) is -3.99. The molecule has 260 valence electrons. The fourth-order valence-electron chi connectivity index (χ4n) is 5.60. The van der Waals surface area contributed by atoms with Gasteiger partial charge in [0.25, 0.3) is 0 Å². The lowest BCUT2D eigenvalue weighted by atomic mass is 9.85. The Bertz CT molecular complexity index is 1290. The van der Waals surface area contributed by atoms with Gasteiger partial charge in [-0.25, -0.2) is 4.79 Å². The van der Waals surface area contributed by atoms with Crippen LogP contribution in [-0.4, -0.2) is 89.8 Å². The molecule has 1 fully saturated rings. The number of carbonyl (C=O) groups is 7. The SMILES string of the molecule is CCCC(CC(=O)[C@@H]1CCCN1C(=O)C(NC(=O)OC(C)C)C(C)(C)C)C(=O)C(=O)CCC(=O)N[C@H](C(=O)N(C)C)c1ccccc1. The van der Waals surface area contributed by atoms with Crippen LogP contribution in [0, 0.1) is 11.3 Å². The van der Waals surface area contributed by atoms with E-state index in [0.29, 0.717) is 37.8 Å². The van der Waals surface area contributed by atoms with Crippen molar-refractivity contribution in [2.45, 2.75) is 111 Å². The Balaban J connectivity index is 2.08. The van der Waals surface area contributed by atoms with E-state index in [9.17, 15) is 33.6 Å². The maximum absolute atomic E-state index is 13.7. The maximum Gasteiger partial charge on any atom is 0.408 e. The molecule has 47 heavy (non-hydrogen) atoms. The van der Waals surface area contributed by atoms with E-state index in [1.54, 1.807) is 58.3 Å². The van der Waals surface area contributed by atoms with Crippen LogP contribution in [-0.2, 0) is 33.5 Å². The number of ether oxygens (including phenoxy) is 1. The van der Waals surface area contributed by atoms with Gasteiger partial charge < -0.3 is 25.2 Å². The lowest BCUT2D eigenvalue weighted by molar-refractivity contribution is -0.143. The number of rotatable bonds is 16. The molecule has 2 N–H and O–H groups in total. The number of benzene rings is 1. The number of nitrogens with zero attached hydrogens (tertiary/aromatic N) is 2. The third-order valence-electron chi connectivity index (χ3n) is 8.06. The summed E-state index contributed by atoms with van der Waals surface area (Å²) in [5.41, 5.74) is -0.0909. The molecule has 4 atom stereocenters. The Hall–Kier alpha value is -4.09. The van der Waals surface area contributed by atoms with Gasteiger partial charge in [-0.1, -0.05) is 64.4 Å². The molecule has 0 aliphatic carbocycles. The normalized spacial score (nSPS) is 16.5. The van der Waals surface area contributed by atoms with Crippen LogP contribution in [0.4, 0.5) is 4.79 Å². The van der Waals surface area contributed by atoms with Crippen molar-refractivity contribution in [2.24, 2.45) is 11.3 Å². The zero-order chi connectivity index (χ0) is 35.5. The second-order valence-electron chi connectivity index (χ2n) is 13.7. The second kappa shape index (κ2) is 17.7. The highest BCUT2D eigenvalue weighted by molar-refractivity contribution is 6.38. The van der Waals surface area contributed by atoms with Gasteiger partial charge in [0.1, 0.15) is 12.1 Å². The van der Waals surface area contributed by atoms with Crippen molar-refractivity contribution in [3.8, 4) is 0 Å². The predicted molar refractivity (Wildman–Crippen MR) is 176 cm³/mol. The lowest BCUT2D eigenvalue weighted by Gasteiger charge is -2.35. The van der Waals surface area contributed by atoms with Gasteiger partial charge in [0.15, 0.2) is 11.6 Å². The van der Waals surface area contributed by atoms with Crippen LogP contribution in [0.15, 0.2) is 30.3 Å². The molecule has 12 heteroatoms. The molecule has 1 aliphatic heterocycles. The molecule has 12 nitrogen and oxygen atoms in total. The van der Waals surface area contributed by atoms with Crippen LogP contribution in [0.3, 0.4) is 0 Å². The average molecular weight is 657 g/mol. The summed E-state index contributed by atoms with van der Waals surface area (Å²) in [7, 11) is 3.15. The fourth-order valence-corrected chi connectivity index (χ4v) is 5.60. The molecule has 0 bridgehead atoms. The predicted octanol–water partition coefficient (Wildman–Crippen LogP) is 3.77. The van der Waals surface area contributed by atoms with Gasteiger partial charge in [-0.15, -0.1) is 0 Å². The summed E-state index contributed by atoms with van der Waals surface area (Å²) in [6, 6.07) is 6.04. The summed E-state index contributed by atoms with van der Waals surface area (Å²) in [6.07, 6.45) is -0.151. The number of amides is 4. The van der Waals surface area contributed by atoms with E-state index in [2.05, 4.69) is 10.6 Å². The molecule has 2 unspecified atom stereocenters. The summed E-state index contributed by atoms with van der Waals surface area (Å²) in [6.45, 7) is 11.0. The first-order valence-electron chi connectivity index (χ1n) is 16.4. The van der Waals surface area contributed by atoms with E-state index in [1.807, 2.05) is 27.7 Å². The standard InChI is InChI=1S/C35H52N4O8/c1-9-14-24(30(43)26(40)18-19-28(42)36-29(32(44)38(7)8)23-15-11-10-12-16-23)21-27(41)25-17-13-20-39(25)33(45)31(35(4,5)6)37-34(46)47-22(2)3/h10-12,15-16,22,24-25,29,31H,9,13-14,17-21H2,1-8H3,(H,36,42)(H,37,46)/t24?,25-,29-,31?/m0/s1. The molecule has 0 aromatic heterocycles. The summed E-state index contributed by atoms with van der Waals surface area (Å²) < 4.78 is 5.19. The molecule has 1 aromatic carbocycles. The number of ketones is 3. The lowest BCUT2D eigenvalue weighted by Crippen LogP contribution is -2.57. The van der Waals surface area contributed by atoms with Crippen molar-refractivity contribution < 1.29 is 38.3 Å². The van der Waals surface area contributed by atoms with Gasteiger partial charge in [-0.05, 0) is 44.1 Å². The van der Waals surface area contributed by atoms with Gasteiger partial charge in [0, 0.05) is 45.8 Å². The molecular formula is C35H52N4O8. The van der Waals surface area contributed by atoms with Crippen molar-refractivity contribution in [3.05, 3.63) is 35.9 Å². The maximum atomic E-state index is 13.7. The molecule has 0 spiro atoms.